The molecule has 15 heavy (non-hydrogen) atoms. The van der Waals surface area contributed by atoms with Crippen molar-refractivity contribution in [2.75, 3.05) is 11.5 Å². The van der Waals surface area contributed by atoms with Gasteiger partial charge in [0.1, 0.15) is 5.67 Å². The molecule has 1 aromatic carbocycles. The Hall–Kier alpha value is -1.10. The van der Waals surface area contributed by atoms with Gasteiger partial charge in [-0.2, -0.15) is 0 Å². The molecule has 0 aliphatic carbocycles. The third-order valence-electron chi connectivity index (χ3n) is 1.77. The number of hydrogen-bond donors (Lipinski definition) is 1. The summed E-state index contributed by atoms with van der Waals surface area (Å²) in [5.41, 5.74) is 4.17. The molecular formula is C10H14FNO2S. The number of hydrogen-bond acceptors (Lipinski definition) is 3. The zero-order valence-electron chi connectivity index (χ0n) is 8.70. The molecule has 0 aliphatic rings. The number of halogens is 1. The Morgan fingerprint density at radius 2 is 1.73 bits per heavy atom. The zero-order chi connectivity index (χ0) is 11.7. The minimum Gasteiger partial charge on any atom is -0.399 e. The SMILES string of the molecule is CC(C)(F)CS(=O)(=O)c1ccc(N)cc1. The van der Waals surface area contributed by atoms with Crippen molar-refractivity contribution in [2.24, 2.45) is 0 Å². The summed E-state index contributed by atoms with van der Waals surface area (Å²) < 4.78 is 36.6. The summed E-state index contributed by atoms with van der Waals surface area (Å²) in [4.78, 5) is 0.0995. The van der Waals surface area contributed by atoms with Gasteiger partial charge in [0.15, 0.2) is 9.84 Å². The molecule has 0 radical (unpaired) electrons. The van der Waals surface area contributed by atoms with Gasteiger partial charge in [-0.15, -0.1) is 0 Å². The van der Waals surface area contributed by atoms with E-state index in [1.807, 2.05) is 0 Å². The standard InChI is InChI=1S/C10H14FNO2S/c1-10(2,11)7-15(13,14)9-5-3-8(12)4-6-9/h3-6H,7,12H2,1-2H3. The van der Waals surface area contributed by atoms with Crippen molar-refractivity contribution < 1.29 is 12.8 Å². The average Bonchev–Trinajstić information content (AvgIpc) is 2.00. The zero-order valence-corrected chi connectivity index (χ0v) is 9.51. The molecule has 0 bridgehead atoms. The fourth-order valence-corrected chi connectivity index (χ4v) is 2.83. The number of anilines is 1. The maximum absolute atomic E-state index is 13.2. The van der Waals surface area contributed by atoms with Crippen molar-refractivity contribution in [2.45, 2.75) is 24.4 Å². The summed E-state index contributed by atoms with van der Waals surface area (Å²) in [6.45, 7) is 2.48. The molecule has 0 saturated heterocycles. The van der Waals surface area contributed by atoms with Gasteiger partial charge in [0.25, 0.3) is 0 Å². The van der Waals surface area contributed by atoms with E-state index < -0.39 is 21.3 Å². The number of benzene rings is 1. The molecule has 84 valence electrons. The highest BCUT2D eigenvalue weighted by molar-refractivity contribution is 7.91. The Balaban J connectivity index is 3.02. The van der Waals surface area contributed by atoms with E-state index in [4.69, 9.17) is 5.73 Å². The Morgan fingerprint density at radius 3 is 2.13 bits per heavy atom. The van der Waals surface area contributed by atoms with Gasteiger partial charge in [-0.25, -0.2) is 12.8 Å². The van der Waals surface area contributed by atoms with Crippen LogP contribution in [0.4, 0.5) is 10.1 Å². The predicted molar refractivity (Wildman–Crippen MR) is 58.1 cm³/mol. The molecule has 0 atom stereocenters. The van der Waals surface area contributed by atoms with Gasteiger partial charge in [-0.05, 0) is 38.1 Å². The smallest absolute Gasteiger partial charge is 0.181 e. The summed E-state index contributed by atoms with van der Waals surface area (Å²) in [5, 5.41) is 0. The van der Waals surface area contributed by atoms with Crippen LogP contribution in [0.5, 0.6) is 0 Å². The van der Waals surface area contributed by atoms with Crippen molar-refractivity contribution in [3.8, 4) is 0 Å². The first kappa shape index (κ1) is 12.0. The Bertz CT molecular complexity index is 431. The van der Waals surface area contributed by atoms with Crippen molar-refractivity contribution in [1.82, 2.24) is 0 Å². The fraction of sp³-hybridized carbons (Fsp3) is 0.400. The van der Waals surface area contributed by atoms with E-state index in [0.717, 1.165) is 0 Å². The van der Waals surface area contributed by atoms with Gasteiger partial charge in [0.2, 0.25) is 0 Å². The number of nitrogen functional groups attached to an aromatic ring is 1. The van der Waals surface area contributed by atoms with E-state index in [9.17, 15) is 12.8 Å². The van der Waals surface area contributed by atoms with Gasteiger partial charge >= 0.3 is 0 Å². The van der Waals surface area contributed by atoms with E-state index in [0.29, 0.717) is 5.69 Å². The third kappa shape index (κ3) is 3.51. The highest BCUT2D eigenvalue weighted by Crippen LogP contribution is 2.19. The van der Waals surface area contributed by atoms with Crippen LogP contribution in [0.3, 0.4) is 0 Å². The van der Waals surface area contributed by atoms with Gasteiger partial charge < -0.3 is 5.73 Å². The Morgan fingerprint density at radius 1 is 1.27 bits per heavy atom. The molecule has 0 fully saturated rings. The normalized spacial score (nSPS) is 12.7. The molecule has 2 N–H and O–H groups in total. The first-order chi connectivity index (χ1) is 6.71. The molecule has 5 heteroatoms. The predicted octanol–water partition coefficient (Wildman–Crippen LogP) is 1.79. The molecular weight excluding hydrogens is 217 g/mol. The molecule has 1 aromatic rings. The van der Waals surface area contributed by atoms with Crippen LogP contribution in [-0.2, 0) is 9.84 Å². The molecule has 0 saturated carbocycles. The quantitative estimate of drug-likeness (QED) is 0.807. The summed E-state index contributed by atoms with van der Waals surface area (Å²) in [6, 6.07) is 5.74. The fourth-order valence-electron chi connectivity index (χ4n) is 1.21. The number of alkyl halides is 1. The summed E-state index contributed by atoms with van der Waals surface area (Å²) >= 11 is 0. The van der Waals surface area contributed by atoms with E-state index in [2.05, 4.69) is 0 Å². The van der Waals surface area contributed by atoms with Crippen molar-refractivity contribution in [1.29, 1.82) is 0 Å². The second-order valence-electron chi connectivity index (χ2n) is 4.05. The first-order valence-electron chi connectivity index (χ1n) is 4.48. The largest absolute Gasteiger partial charge is 0.399 e. The van der Waals surface area contributed by atoms with Crippen molar-refractivity contribution in [3.05, 3.63) is 24.3 Å². The third-order valence-corrected chi connectivity index (χ3v) is 3.83. The molecule has 3 nitrogen and oxygen atoms in total. The Kier molecular flexibility index (Phi) is 3.04. The molecule has 0 amide bonds. The summed E-state index contributed by atoms with van der Waals surface area (Å²) in [7, 11) is -3.57. The lowest BCUT2D eigenvalue weighted by atomic mass is 10.2. The van der Waals surface area contributed by atoms with Crippen LogP contribution in [0.1, 0.15) is 13.8 Å². The monoisotopic (exact) mass is 231 g/mol. The van der Waals surface area contributed by atoms with Crippen molar-refractivity contribution >= 4 is 15.5 Å². The maximum Gasteiger partial charge on any atom is 0.181 e. The minimum atomic E-state index is -3.57. The second kappa shape index (κ2) is 3.81. The van der Waals surface area contributed by atoms with Gasteiger partial charge in [-0.1, -0.05) is 0 Å². The topological polar surface area (TPSA) is 60.2 Å². The van der Waals surface area contributed by atoms with Gasteiger partial charge in [0.05, 0.1) is 10.6 Å². The van der Waals surface area contributed by atoms with Crippen LogP contribution in [0.2, 0.25) is 0 Å². The molecule has 0 aliphatic heterocycles. The lowest BCUT2D eigenvalue weighted by molar-refractivity contribution is 0.249. The number of nitrogens with two attached hydrogens (primary N) is 1. The Labute approximate surface area is 89.0 Å². The first-order valence-corrected chi connectivity index (χ1v) is 6.13. The van der Waals surface area contributed by atoms with Crippen molar-refractivity contribution in [3.63, 3.8) is 0 Å². The van der Waals surface area contributed by atoms with Gasteiger partial charge in [0, 0.05) is 5.69 Å². The highest BCUT2D eigenvalue weighted by Gasteiger charge is 2.26. The van der Waals surface area contributed by atoms with Gasteiger partial charge in [-0.3, -0.25) is 0 Å². The lowest BCUT2D eigenvalue weighted by Crippen LogP contribution is -2.25. The average molecular weight is 231 g/mol. The highest BCUT2D eigenvalue weighted by atomic mass is 32.2. The summed E-state index contributed by atoms with van der Waals surface area (Å²) in [6.07, 6.45) is 0. The lowest BCUT2D eigenvalue weighted by Gasteiger charge is -2.14. The second-order valence-corrected chi connectivity index (χ2v) is 6.04. The molecule has 1 rings (SSSR count). The van der Waals surface area contributed by atoms with E-state index in [-0.39, 0.29) is 4.90 Å². The van der Waals surface area contributed by atoms with Crippen LogP contribution in [0, 0.1) is 0 Å². The van der Waals surface area contributed by atoms with Crippen LogP contribution in [0.25, 0.3) is 0 Å². The van der Waals surface area contributed by atoms with Crippen LogP contribution in [-0.4, -0.2) is 19.8 Å². The van der Waals surface area contributed by atoms with Crippen LogP contribution >= 0.6 is 0 Å². The van der Waals surface area contributed by atoms with E-state index in [1.54, 1.807) is 0 Å². The minimum absolute atomic E-state index is 0.0995. The number of sulfone groups is 1. The van der Waals surface area contributed by atoms with E-state index in [1.165, 1.54) is 38.1 Å². The molecule has 0 heterocycles. The van der Waals surface area contributed by atoms with E-state index >= 15 is 0 Å². The summed E-state index contributed by atoms with van der Waals surface area (Å²) in [5.74, 6) is -0.524. The molecule has 0 aromatic heterocycles. The number of rotatable bonds is 3. The van der Waals surface area contributed by atoms with Crippen LogP contribution < -0.4 is 5.73 Å². The molecule has 0 unspecified atom stereocenters. The maximum atomic E-state index is 13.2. The van der Waals surface area contributed by atoms with Crippen LogP contribution in [0.15, 0.2) is 29.2 Å². The molecule has 0 spiro atoms.